The molecule has 8 heteroatoms. The number of benzene rings is 1. The van der Waals surface area contributed by atoms with Crippen LogP contribution in [0.15, 0.2) is 46.2 Å². The van der Waals surface area contributed by atoms with Crippen molar-refractivity contribution in [3.8, 4) is 16.5 Å². The van der Waals surface area contributed by atoms with Crippen LogP contribution in [0.1, 0.15) is 23.9 Å². The summed E-state index contributed by atoms with van der Waals surface area (Å²) in [7, 11) is 1.67. The lowest BCUT2D eigenvalue weighted by Gasteiger charge is -2.17. The van der Waals surface area contributed by atoms with E-state index in [9.17, 15) is 9.59 Å². The van der Waals surface area contributed by atoms with E-state index in [2.05, 4.69) is 4.98 Å². The SMILES string of the molecule is CCOc1ccc(CN(C)C(=O)COC(=O)Cc2nc(-c3cccs3)oc2C)cc1. The summed E-state index contributed by atoms with van der Waals surface area (Å²) in [6.07, 6.45) is -0.0450. The first-order chi connectivity index (χ1) is 14.5. The Bertz CT molecular complexity index is 980. The van der Waals surface area contributed by atoms with Crippen LogP contribution in [0.25, 0.3) is 10.8 Å². The van der Waals surface area contributed by atoms with Crippen molar-refractivity contribution in [1.82, 2.24) is 9.88 Å². The van der Waals surface area contributed by atoms with E-state index >= 15 is 0 Å². The van der Waals surface area contributed by atoms with E-state index in [4.69, 9.17) is 13.9 Å². The standard InChI is InChI=1S/C22H24N2O5S/c1-4-27-17-9-7-16(8-10-17)13-24(3)20(25)14-28-21(26)12-18-15(2)29-22(23-18)19-6-5-11-30-19/h5-11H,4,12-14H2,1-3H3. The van der Waals surface area contributed by atoms with Crippen molar-refractivity contribution in [3.63, 3.8) is 0 Å². The Morgan fingerprint density at radius 1 is 1.20 bits per heavy atom. The van der Waals surface area contributed by atoms with Crippen molar-refractivity contribution in [2.75, 3.05) is 20.3 Å². The molecule has 0 fully saturated rings. The van der Waals surface area contributed by atoms with Gasteiger partial charge in [-0.1, -0.05) is 18.2 Å². The van der Waals surface area contributed by atoms with Gasteiger partial charge in [-0.15, -0.1) is 11.3 Å². The molecule has 1 amide bonds. The van der Waals surface area contributed by atoms with Crippen molar-refractivity contribution < 1.29 is 23.5 Å². The zero-order valence-corrected chi connectivity index (χ0v) is 18.0. The van der Waals surface area contributed by atoms with Gasteiger partial charge in [0.2, 0.25) is 5.89 Å². The number of likely N-dealkylation sites (N-methyl/N-ethyl adjacent to an activating group) is 1. The summed E-state index contributed by atoms with van der Waals surface area (Å²) in [5, 5.41) is 1.93. The second-order valence-corrected chi connectivity index (χ2v) is 7.61. The number of aromatic nitrogens is 1. The van der Waals surface area contributed by atoms with Crippen molar-refractivity contribution >= 4 is 23.2 Å². The second kappa shape index (κ2) is 10.1. The lowest BCUT2D eigenvalue weighted by Crippen LogP contribution is -2.31. The number of hydrogen-bond acceptors (Lipinski definition) is 7. The van der Waals surface area contributed by atoms with E-state index in [1.54, 1.807) is 14.0 Å². The monoisotopic (exact) mass is 428 g/mol. The minimum Gasteiger partial charge on any atom is -0.494 e. The van der Waals surface area contributed by atoms with E-state index in [1.165, 1.54) is 16.2 Å². The number of esters is 1. The summed E-state index contributed by atoms with van der Waals surface area (Å²) < 4.78 is 16.2. The van der Waals surface area contributed by atoms with Gasteiger partial charge in [0.25, 0.3) is 5.91 Å². The van der Waals surface area contributed by atoms with Gasteiger partial charge >= 0.3 is 5.97 Å². The summed E-state index contributed by atoms with van der Waals surface area (Å²) >= 11 is 1.51. The van der Waals surface area contributed by atoms with Crippen molar-refractivity contribution in [3.05, 3.63) is 58.8 Å². The summed E-state index contributed by atoms with van der Waals surface area (Å²) in [5.41, 5.74) is 1.47. The normalized spacial score (nSPS) is 10.6. The number of amides is 1. The van der Waals surface area contributed by atoms with Gasteiger partial charge in [0, 0.05) is 13.6 Å². The zero-order valence-electron chi connectivity index (χ0n) is 17.2. The van der Waals surface area contributed by atoms with Gasteiger partial charge in [0.1, 0.15) is 11.5 Å². The highest BCUT2D eigenvalue weighted by atomic mass is 32.1. The molecule has 3 aromatic rings. The van der Waals surface area contributed by atoms with Crippen LogP contribution < -0.4 is 4.74 Å². The molecule has 0 atom stereocenters. The molecule has 1 aromatic carbocycles. The summed E-state index contributed by atoms with van der Waals surface area (Å²) in [6, 6.07) is 11.3. The minimum absolute atomic E-state index is 0.0450. The number of carbonyl (C=O) groups is 2. The third kappa shape index (κ3) is 5.70. The molecule has 0 aliphatic heterocycles. The van der Waals surface area contributed by atoms with Gasteiger partial charge in [-0.2, -0.15) is 0 Å². The van der Waals surface area contributed by atoms with Crippen LogP contribution in [-0.4, -0.2) is 42.0 Å². The average molecular weight is 429 g/mol. The molecule has 0 aliphatic carbocycles. The molecule has 30 heavy (non-hydrogen) atoms. The van der Waals surface area contributed by atoms with E-state index in [0.717, 1.165) is 16.2 Å². The molecular weight excluding hydrogens is 404 g/mol. The number of carbonyl (C=O) groups excluding carboxylic acids is 2. The maximum atomic E-state index is 12.3. The highest BCUT2D eigenvalue weighted by Gasteiger charge is 2.18. The number of oxazole rings is 1. The Kier molecular flexibility index (Phi) is 7.24. The van der Waals surface area contributed by atoms with Gasteiger partial charge in [0.05, 0.1) is 23.6 Å². The fourth-order valence-electron chi connectivity index (χ4n) is 2.76. The van der Waals surface area contributed by atoms with Gasteiger partial charge in [-0.25, -0.2) is 4.98 Å². The molecule has 0 N–H and O–H groups in total. The van der Waals surface area contributed by atoms with Crippen molar-refractivity contribution in [2.24, 2.45) is 0 Å². The van der Waals surface area contributed by atoms with Crippen LogP contribution in [0.4, 0.5) is 0 Å². The van der Waals surface area contributed by atoms with E-state index in [-0.39, 0.29) is 18.9 Å². The number of nitrogens with zero attached hydrogens (tertiary/aromatic N) is 2. The van der Waals surface area contributed by atoms with Crippen LogP contribution in [-0.2, 0) is 27.3 Å². The molecule has 0 aliphatic rings. The molecular formula is C22H24N2O5S. The fraction of sp³-hybridized carbons (Fsp3) is 0.318. The Labute approximate surface area is 179 Å². The maximum Gasteiger partial charge on any atom is 0.312 e. The van der Waals surface area contributed by atoms with E-state index in [0.29, 0.717) is 30.5 Å². The minimum atomic E-state index is -0.521. The summed E-state index contributed by atoms with van der Waals surface area (Å²) in [6.45, 7) is 4.37. The smallest absolute Gasteiger partial charge is 0.312 e. The van der Waals surface area contributed by atoms with Crippen molar-refractivity contribution in [2.45, 2.75) is 26.8 Å². The molecule has 158 valence electrons. The molecule has 2 heterocycles. The van der Waals surface area contributed by atoms with Gasteiger partial charge in [-0.05, 0) is 43.0 Å². The molecule has 0 saturated carbocycles. The quantitative estimate of drug-likeness (QED) is 0.482. The first-order valence-electron chi connectivity index (χ1n) is 9.57. The van der Waals surface area contributed by atoms with Gasteiger partial charge in [0.15, 0.2) is 6.61 Å². The number of rotatable bonds is 9. The number of thiophene rings is 1. The Balaban J connectivity index is 1.47. The summed E-state index contributed by atoms with van der Waals surface area (Å²) in [4.78, 5) is 31.2. The summed E-state index contributed by atoms with van der Waals surface area (Å²) in [5.74, 6) is 1.03. The molecule has 0 radical (unpaired) electrons. The van der Waals surface area contributed by atoms with E-state index in [1.807, 2.05) is 48.7 Å². The molecule has 0 saturated heterocycles. The van der Waals surface area contributed by atoms with Crippen molar-refractivity contribution in [1.29, 1.82) is 0 Å². The molecule has 0 spiro atoms. The molecule has 7 nitrogen and oxygen atoms in total. The van der Waals surface area contributed by atoms with Crippen LogP contribution in [0.5, 0.6) is 5.75 Å². The molecule has 0 unspecified atom stereocenters. The fourth-order valence-corrected chi connectivity index (χ4v) is 3.41. The van der Waals surface area contributed by atoms with Crippen LogP contribution in [0.3, 0.4) is 0 Å². The molecule has 0 bridgehead atoms. The first kappa shape index (κ1) is 21.6. The highest BCUT2D eigenvalue weighted by molar-refractivity contribution is 7.13. The Morgan fingerprint density at radius 3 is 2.63 bits per heavy atom. The predicted molar refractivity (Wildman–Crippen MR) is 113 cm³/mol. The molecule has 2 aromatic heterocycles. The maximum absolute atomic E-state index is 12.3. The highest BCUT2D eigenvalue weighted by Crippen LogP contribution is 2.26. The average Bonchev–Trinajstić information content (AvgIpc) is 3.38. The number of aryl methyl sites for hydroxylation is 1. The van der Waals surface area contributed by atoms with Gasteiger partial charge in [-0.3, -0.25) is 9.59 Å². The lowest BCUT2D eigenvalue weighted by molar-refractivity contribution is -0.151. The van der Waals surface area contributed by atoms with E-state index < -0.39 is 5.97 Å². The predicted octanol–water partition coefficient (Wildman–Crippen LogP) is 3.85. The third-order valence-electron chi connectivity index (χ3n) is 4.37. The molecule has 3 rings (SSSR count). The van der Waals surface area contributed by atoms with Crippen LogP contribution in [0, 0.1) is 6.92 Å². The Morgan fingerprint density at radius 2 is 1.97 bits per heavy atom. The largest absolute Gasteiger partial charge is 0.494 e. The lowest BCUT2D eigenvalue weighted by atomic mass is 10.2. The first-order valence-corrected chi connectivity index (χ1v) is 10.5. The number of hydrogen-bond donors (Lipinski definition) is 0. The topological polar surface area (TPSA) is 81.9 Å². The van der Waals surface area contributed by atoms with Crippen LogP contribution >= 0.6 is 11.3 Å². The van der Waals surface area contributed by atoms with Crippen LogP contribution in [0.2, 0.25) is 0 Å². The third-order valence-corrected chi connectivity index (χ3v) is 5.23. The zero-order chi connectivity index (χ0) is 21.5. The number of ether oxygens (including phenoxy) is 2. The second-order valence-electron chi connectivity index (χ2n) is 6.66. The van der Waals surface area contributed by atoms with Gasteiger partial charge < -0.3 is 18.8 Å². The Hall–Kier alpha value is -3.13.